The van der Waals surface area contributed by atoms with E-state index in [0.717, 1.165) is 65.4 Å². The van der Waals surface area contributed by atoms with Gasteiger partial charge in [0.1, 0.15) is 12.3 Å². The summed E-state index contributed by atoms with van der Waals surface area (Å²) in [6.07, 6.45) is 12.3. The van der Waals surface area contributed by atoms with Gasteiger partial charge in [-0.2, -0.15) is 4.58 Å². The summed E-state index contributed by atoms with van der Waals surface area (Å²) < 4.78 is 2.22. The number of hydrogen-bond donors (Lipinski definition) is 2. The molecule has 342 valence electrons. The molecule has 0 bridgehead atoms. The Balaban J connectivity index is 0.965. The van der Waals surface area contributed by atoms with Crippen molar-refractivity contribution in [1.29, 1.82) is 0 Å². The van der Waals surface area contributed by atoms with Crippen molar-refractivity contribution >= 4 is 46.3 Å². The van der Waals surface area contributed by atoms with Crippen LogP contribution in [0.2, 0.25) is 0 Å². The standard InChI is InChI=1S/C62H60N2O4/c1-8-9-10-11-12-17-34-63-55-33-25-40(59(67)68)35-54(55)62(6,7)56(63)38-49-57(65)48(58(49)66)30-24-39-22-26-41(27-23-39)64(42-28-31-46-44-18-13-15-20-50(44)60(2,3)52(46)36-42)43-29-32-47-45-19-14-16-21-51(45)61(4,5)53(47)37-43/h13-16,18-33,35-38H,8-12,17,34H2,1-7H3,(H-,65,66,67,68)/p+1. The molecular weight excluding hydrogens is 837 g/mol. The number of Topliss-reactive ketones (excluding diaryl/α,β-unsaturated/α-hetero) is 1. The van der Waals surface area contributed by atoms with Gasteiger partial charge in [0.25, 0.3) is 0 Å². The van der Waals surface area contributed by atoms with Crippen LogP contribution in [0.3, 0.4) is 0 Å². The van der Waals surface area contributed by atoms with Gasteiger partial charge in [-0.25, -0.2) is 4.79 Å². The number of allylic oxidation sites excluding steroid dienone is 4. The number of ketones is 1. The van der Waals surface area contributed by atoms with E-state index >= 15 is 0 Å². The number of nitrogens with zero attached hydrogens (tertiary/aromatic N) is 2. The molecular formula is C62H61N2O4+. The van der Waals surface area contributed by atoms with Gasteiger partial charge in [-0.15, -0.1) is 0 Å². The fraction of sp³-hybridized carbons (Fsp3) is 0.274. The topological polar surface area (TPSA) is 80.8 Å². The zero-order valence-corrected chi connectivity index (χ0v) is 40.4. The van der Waals surface area contributed by atoms with E-state index < -0.39 is 11.4 Å². The Kier molecular flexibility index (Phi) is 11.1. The van der Waals surface area contributed by atoms with Gasteiger partial charge >= 0.3 is 5.97 Å². The average molecular weight is 898 g/mol. The van der Waals surface area contributed by atoms with E-state index in [-0.39, 0.29) is 39.1 Å². The maximum Gasteiger partial charge on any atom is 0.335 e. The first kappa shape index (κ1) is 44.8. The molecule has 6 aromatic rings. The SMILES string of the molecule is CCCCCCCC[N+]1=C(C=C2C(=O)C(/C=C/c3ccc(N(c4ccc5c(c4)C(C)(C)c4ccccc4-5)c4ccc5c(c4)C(C)(C)c4ccccc4-5)cc3)=C2O)C(C)(C)c2cc(C(=O)O)ccc21. The number of aromatic carboxylic acids is 1. The van der Waals surface area contributed by atoms with Gasteiger partial charge in [0.15, 0.2) is 5.71 Å². The zero-order valence-electron chi connectivity index (χ0n) is 40.4. The molecule has 1 aliphatic heterocycles. The molecule has 0 unspecified atom stereocenters. The third-order valence-electron chi connectivity index (χ3n) is 15.4. The van der Waals surface area contributed by atoms with E-state index in [4.69, 9.17) is 0 Å². The van der Waals surface area contributed by atoms with Crippen molar-refractivity contribution < 1.29 is 24.4 Å². The number of carbonyl (C=O) groups is 2. The number of carbonyl (C=O) groups excluding carboxylic acids is 1. The van der Waals surface area contributed by atoms with Crippen LogP contribution in [0, 0.1) is 0 Å². The molecule has 6 nitrogen and oxygen atoms in total. The Morgan fingerprint density at radius 3 is 1.71 bits per heavy atom. The van der Waals surface area contributed by atoms with Gasteiger partial charge in [0.05, 0.1) is 22.1 Å². The lowest BCUT2D eigenvalue weighted by Gasteiger charge is -2.29. The normalized spacial score (nSPS) is 17.3. The van der Waals surface area contributed by atoms with Gasteiger partial charge in [-0.05, 0) is 125 Å². The molecule has 68 heavy (non-hydrogen) atoms. The molecule has 0 radical (unpaired) electrons. The minimum absolute atomic E-state index is 0.0255. The van der Waals surface area contributed by atoms with Crippen LogP contribution >= 0.6 is 0 Å². The van der Waals surface area contributed by atoms with E-state index in [0.29, 0.717) is 0 Å². The van der Waals surface area contributed by atoms with E-state index in [1.807, 2.05) is 18.2 Å². The molecule has 0 saturated carbocycles. The van der Waals surface area contributed by atoms with Gasteiger partial charge in [0, 0.05) is 52.0 Å². The Labute approximate surface area is 401 Å². The first-order chi connectivity index (χ1) is 32.6. The molecule has 3 aliphatic carbocycles. The number of unbranched alkanes of at least 4 members (excludes halogenated alkanes) is 5. The third kappa shape index (κ3) is 7.28. The van der Waals surface area contributed by atoms with Crippen LogP contribution < -0.4 is 4.90 Å². The Morgan fingerprint density at radius 1 is 0.588 bits per heavy atom. The Morgan fingerprint density at radius 2 is 1.13 bits per heavy atom. The van der Waals surface area contributed by atoms with Gasteiger partial charge in [-0.3, -0.25) is 4.79 Å². The largest absolute Gasteiger partial charge is 0.506 e. The molecule has 4 aliphatic rings. The summed E-state index contributed by atoms with van der Waals surface area (Å²) >= 11 is 0. The number of carboxylic acids is 1. The molecule has 0 spiro atoms. The van der Waals surface area contributed by atoms with E-state index in [1.54, 1.807) is 18.2 Å². The average Bonchev–Trinajstić information content (AvgIpc) is 3.80. The maximum atomic E-state index is 13.9. The summed E-state index contributed by atoms with van der Waals surface area (Å²) in [6.45, 7) is 16.4. The van der Waals surface area contributed by atoms with Crippen molar-refractivity contribution in [3.8, 4) is 22.3 Å². The Bertz CT molecular complexity index is 3090. The van der Waals surface area contributed by atoms with Crippen molar-refractivity contribution in [2.45, 2.75) is 103 Å². The highest BCUT2D eigenvalue weighted by Gasteiger charge is 2.47. The first-order valence-electron chi connectivity index (χ1n) is 24.4. The number of fused-ring (bicyclic) bond motifs is 7. The molecule has 0 aromatic heterocycles. The fourth-order valence-corrected chi connectivity index (χ4v) is 11.5. The van der Waals surface area contributed by atoms with Crippen LogP contribution in [0.25, 0.3) is 28.3 Å². The zero-order chi connectivity index (χ0) is 47.7. The molecule has 6 aromatic carbocycles. The lowest BCUT2D eigenvalue weighted by molar-refractivity contribution is -0.438. The number of benzene rings is 6. The molecule has 2 N–H and O–H groups in total. The minimum Gasteiger partial charge on any atom is -0.506 e. The molecule has 0 atom stereocenters. The van der Waals surface area contributed by atoms with Crippen molar-refractivity contribution in [3.05, 3.63) is 195 Å². The van der Waals surface area contributed by atoms with Gasteiger partial charge < -0.3 is 15.1 Å². The predicted octanol–water partition coefficient (Wildman–Crippen LogP) is 15.2. The summed E-state index contributed by atoms with van der Waals surface area (Å²) in [5, 5.41) is 21.3. The van der Waals surface area contributed by atoms with Crippen LogP contribution in [0.15, 0.2) is 156 Å². The highest BCUT2D eigenvalue weighted by molar-refractivity contribution is 6.24. The van der Waals surface area contributed by atoms with Gasteiger partial charge in [0.2, 0.25) is 11.5 Å². The monoisotopic (exact) mass is 897 g/mol. The summed E-state index contributed by atoms with van der Waals surface area (Å²) in [5.74, 6) is -1.21. The van der Waals surface area contributed by atoms with Crippen LogP contribution in [-0.2, 0) is 21.0 Å². The van der Waals surface area contributed by atoms with Crippen LogP contribution in [-0.4, -0.2) is 38.8 Å². The van der Waals surface area contributed by atoms with E-state index in [2.05, 4.69) is 167 Å². The van der Waals surface area contributed by atoms with Crippen molar-refractivity contribution in [2.24, 2.45) is 0 Å². The molecule has 0 saturated heterocycles. The number of carboxylic acid groups (broad SMARTS) is 1. The van der Waals surface area contributed by atoms with Crippen molar-refractivity contribution in [2.75, 3.05) is 11.4 Å². The summed E-state index contributed by atoms with van der Waals surface area (Å²) in [5.41, 5.74) is 17.1. The van der Waals surface area contributed by atoms with Crippen LogP contribution in [0.1, 0.15) is 131 Å². The highest BCUT2D eigenvalue weighted by atomic mass is 16.4. The lowest BCUT2D eigenvalue weighted by atomic mass is 9.78. The number of aliphatic hydroxyl groups excluding tert-OH is 1. The van der Waals surface area contributed by atoms with Crippen LogP contribution in [0.5, 0.6) is 0 Å². The second kappa shape index (κ2) is 16.9. The van der Waals surface area contributed by atoms with Crippen molar-refractivity contribution in [3.63, 3.8) is 0 Å². The molecule has 10 rings (SSSR count). The second-order valence-corrected chi connectivity index (χ2v) is 20.7. The minimum atomic E-state index is -0.972. The smallest absolute Gasteiger partial charge is 0.335 e. The summed E-state index contributed by atoms with van der Waals surface area (Å²) in [6, 6.07) is 44.9. The molecule has 6 heteroatoms. The summed E-state index contributed by atoms with van der Waals surface area (Å²) in [7, 11) is 0. The fourth-order valence-electron chi connectivity index (χ4n) is 11.5. The molecule has 0 amide bonds. The van der Waals surface area contributed by atoms with Gasteiger partial charge in [-0.1, -0.05) is 139 Å². The number of hydrogen-bond acceptors (Lipinski definition) is 4. The second-order valence-electron chi connectivity index (χ2n) is 20.7. The predicted molar refractivity (Wildman–Crippen MR) is 278 cm³/mol. The highest BCUT2D eigenvalue weighted by Crippen LogP contribution is 2.53. The number of rotatable bonds is 14. The lowest BCUT2D eigenvalue weighted by Crippen LogP contribution is -2.31. The molecule has 0 fully saturated rings. The maximum absolute atomic E-state index is 13.9. The van der Waals surface area contributed by atoms with Crippen molar-refractivity contribution in [1.82, 2.24) is 0 Å². The van der Waals surface area contributed by atoms with E-state index in [9.17, 15) is 19.8 Å². The van der Waals surface area contributed by atoms with E-state index in [1.165, 1.54) is 63.8 Å². The molecule has 1 heterocycles. The Hall–Kier alpha value is -7.05. The summed E-state index contributed by atoms with van der Waals surface area (Å²) in [4.78, 5) is 28.2. The number of anilines is 3. The number of aliphatic hydroxyl groups is 1. The quantitative estimate of drug-likeness (QED) is 0.0647. The van der Waals surface area contributed by atoms with Crippen LogP contribution in [0.4, 0.5) is 22.7 Å². The first-order valence-corrected chi connectivity index (χ1v) is 24.4. The third-order valence-corrected chi connectivity index (χ3v) is 15.4.